The SMILES string of the molecule is CCCCC/C=C\C/C=C\CCCCCCCCOCC(COP(O)(O)=S)OC. The molecule has 0 rings (SSSR count). The lowest BCUT2D eigenvalue weighted by atomic mass is 10.1. The molecule has 0 heterocycles. The second-order valence-corrected chi connectivity index (χ2v) is 9.97. The molecule has 0 aromatic heterocycles. The third-order valence-corrected chi connectivity index (χ3v) is 5.36. The fourth-order valence-electron chi connectivity index (χ4n) is 2.77. The van der Waals surface area contributed by atoms with E-state index < -0.39 is 6.72 Å². The van der Waals surface area contributed by atoms with Crippen molar-refractivity contribution in [2.45, 2.75) is 90.1 Å². The van der Waals surface area contributed by atoms with Gasteiger partial charge in [-0.2, -0.15) is 0 Å². The van der Waals surface area contributed by atoms with Gasteiger partial charge >= 0.3 is 6.72 Å². The van der Waals surface area contributed by atoms with E-state index in [1.165, 1.54) is 71.3 Å². The van der Waals surface area contributed by atoms with Crippen LogP contribution in [-0.4, -0.2) is 42.8 Å². The van der Waals surface area contributed by atoms with Crippen LogP contribution in [0.3, 0.4) is 0 Å². The third kappa shape index (κ3) is 24.1. The van der Waals surface area contributed by atoms with Crippen molar-refractivity contribution in [3.63, 3.8) is 0 Å². The minimum absolute atomic E-state index is 0.0322. The number of hydrogen-bond donors (Lipinski definition) is 2. The standard InChI is InChI=1S/C22H43O5PS/c1-3-4-5-6-7-8-9-10-11-12-13-14-15-16-17-18-19-26-20-22(25-2)21-27-28(23,24)29/h7-8,10-11,22H,3-6,9,12-21H2,1-2H3,(H2,23,24,29)/b8-7-,11-10-. The van der Waals surface area contributed by atoms with Gasteiger partial charge in [-0.3, -0.25) is 0 Å². The van der Waals surface area contributed by atoms with Crippen LogP contribution in [0.4, 0.5) is 0 Å². The Bertz CT molecular complexity index is 450. The molecule has 5 nitrogen and oxygen atoms in total. The van der Waals surface area contributed by atoms with E-state index in [1.54, 1.807) is 0 Å². The Morgan fingerprint density at radius 2 is 1.41 bits per heavy atom. The molecule has 0 aromatic rings. The van der Waals surface area contributed by atoms with Crippen LogP contribution in [0.1, 0.15) is 84.0 Å². The molecule has 172 valence electrons. The fourth-order valence-corrected chi connectivity index (χ4v) is 3.31. The van der Waals surface area contributed by atoms with Gasteiger partial charge in [-0.1, -0.05) is 69.8 Å². The Morgan fingerprint density at radius 1 is 0.828 bits per heavy atom. The molecule has 0 bridgehead atoms. The summed E-state index contributed by atoms with van der Waals surface area (Å²) in [6.07, 6.45) is 23.5. The molecule has 1 unspecified atom stereocenters. The monoisotopic (exact) mass is 450 g/mol. The average molecular weight is 451 g/mol. The Kier molecular flexibility index (Phi) is 21.1. The smallest absolute Gasteiger partial charge is 0.321 e. The Labute approximate surface area is 183 Å². The van der Waals surface area contributed by atoms with E-state index >= 15 is 0 Å². The van der Waals surface area contributed by atoms with Gasteiger partial charge < -0.3 is 23.8 Å². The topological polar surface area (TPSA) is 68.2 Å². The third-order valence-electron chi connectivity index (χ3n) is 4.55. The van der Waals surface area contributed by atoms with Gasteiger partial charge in [0, 0.05) is 13.7 Å². The zero-order valence-electron chi connectivity index (χ0n) is 18.5. The predicted octanol–water partition coefficient (Wildman–Crippen LogP) is 6.06. The van der Waals surface area contributed by atoms with Crippen LogP contribution in [-0.2, 0) is 25.8 Å². The molecule has 0 amide bonds. The van der Waals surface area contributed by atoms with Crippen molar-refractivity contribution in [3.05, 3.63) is 24.3 Å². The lowest BCUT2D eigenvalue weighted by Gasteiger charge is -2.17. The molecular weight excluding hydrogens is 407 g/mol. The highest BCUT2D eigenvalue weighted by Crippen LogP contribution is 2.36. The van der Waals surface area contributed by atoms with Gasteiger partial charge in [-0.25, -0.2) is 0 Å². The van der Waals surface area contributed by atoms with E-state index in [4.69, 9.17) is 23.8 Å². The molecule has 7 heteroatoms. The summed E-state index contributed by atoms with van der Waals surface area (Å²) < 4.78 is 15.5. The Morgan fingerprint density at radius 3 is 2.00 bits per heavy atom. The summed E-state index contributed by atoms with van der Waals surface area (Å²) in [7, 11) is 1.54. The highest BCUT2D eigenvalue weighted by atomic mass is 32.5. The number of allylic oxidation sites excluding steroid dienone is 4. The first-order chi connectivity index (χ1) is 14.0. The summed E-state index contributed by atoms with van der Waals surface area (Å²) in [5.74, 6) is 0. The molecule has 0 aliphatic rings. The lowest BCUT2D eigenvalue weighted by molar-refractivity contribution is -0.0173. The van der Waals surface area contributed by atoms with Crippen molar-refractivity contribution >= 4 is 18.5 Å². The molecule has 0 aliphatic carbocycles. The number of unbranched alkanes of at least 4 members (excludes halogenated alkanes) is 9. The maximum absolute atomic E-state index is 9.05. The maximum Gasteiger partial charge on any atom is 0.321 e. The average Bonchev–Trinajstić information content (AvgIpc) is 2.68. The summed E-state index contributed by atoms with van der Waals surface area (Å²) in [6.45, 7) is -0.299. The first kappa shape index (κ1) is 28.9. The number of methoxy groups -OCH3 is 1. The minimum atomic E-state index is -3.62. The molecule has 2 N–H and O–H groups in total. The molecular formula is C22H43O5PS. The van der Waals surface area contributed by atoms with Gasteiger partial charge in [-0.15, -0.1) is 0 Å². The predicted molar refractivity (Wildman–Crippen MR) is 126 cm³/mol. The summed E-state index contributed by atoms with van der Waals surface area (Å²) in [5, 5.41) is 0. The lowest BCUT2D eigenvalue weighted by Crippen LogP contribution is -2.24. The molecule has 0 spiro atoms. The van der Waals surface area contributed by atoms with Crippen molar-refractivity contribution in [2.75, 3.05) is 26.9 Å². The molecule has 1 atom stereocenters. The quantitative estimate of drug-likeness (QED) is 0.126. The van der Waals surface area contributed by atoms with Crippen molar-refractivity contribution < 1.29 is 23.8 Å². The number of ether oxygens (including phenoxy) is 2. The molecule has 0 saturated carbocycles. The zero-order valence-corrected chi connectivity index (χ0v) is 20.2. The molecule has 29 heavy (non-hydrogen) atoms. The summed E-state index contributed by atoms with van der Waals surface area (Å²) in [6, 6.07) is 0. The first-order valence-corrected chi connectivity index (χ1v) is 13.7. The second kappa shape index (κ2) is 21.2. The van der Waals surface area contributed by atoms with Gasteiger partial charge in [0.2, 0.25) is 0 Å². The van der Waals surface area contributed by atoms with Gasteiger partial charge in [0.05, 0.1) is 13.2 Å². The summed E-state index contributed by atoms with van der Waals surface area (Å²) in [4.78, 5) is 18.1. The van der Waals surface area contributed by atoms with Crippen LogP contribution in [0.15, 0.2) is 24.3 Å². The van der Waals surface area contributed by atoms with E-state index in [2.05, 4.69) is 43.0 Å². The van der Waals surface area contributed by atoms with E-state index in [0.29, 0.717) is 13.2 Å². The van der Waals surface area contributed by atoms with E-state index in [0.717, 1.165) is 12.8 Å². The molecule has 0 saturated heterocycles. The van der Waals surface area contributed by atoms with Gasteiger partial charge in [0.25, 0.3) is 0 Å². The fraction of sp³-hybridized carbons (Fsp3) is 0.818. The van der Waals surface area contributed by atoms with E-state index in [9.17, 15) is 0 Å². The number of hydrogen-bond acceptors (Lipinski definition) is 4. The highest BCUT2D eigenvalue weighted by molar-refractivity contribution is 8.06. The second-order valence-electron chi connectivity index (χ2n) is 7.30. The molecule has 0 radical (unpaired) electrons. The summed E-state index contributed by atoms with van der Waals surface area (Å²) >= 11 is 4.41. The van der Waals surface area contributed by atoms with Crippen molar-refractivity contribution in [3.8, 4) is 0 Å². The Balaban J connectivity index is 3.36. The zero-order chi connectivity index (χ0) is 21.6. The van der Waals surface area contributed by atoms with Crippen LogP contribution >= 0.6 is 6.72 Å². The van der Waals surface area contributed by atoms with Crippen molar-refractivity contribution in [1.82, 2.24) is 0 Å². The van der Waals surface area contributed by atoms with Crippen molar-refractivity contribution in [1.29, 1.82) is 0 Å². The normalized spacial score (nSPS) is 13.7. The number of rotatable bonds is 21. The van der Waals surface area contributed by atoms with Gasteiger partial charge in [0.15, 0.2) is 0 Å². The van der Waals surface area contributed by atoms with Crippen molar-refractivity contribution in [2.24, 2.45) is 0 Å². The maximum atomic E-state index is 9.05. The first-order valence-electron chi connectivity index (χ1n) is 11.1. The summed E-state index contributed by atoms with van der Waals surface area (Å²) in [5.41, 5.74) is 0. The van der Waals surface area contributed by atoms with E-state index in [-0.39, 0.29) is 12.7 Å². The van der Waals surface area contributed by atoms with Crippen LogP contribution < -0.4 is 0 Å². The molecule has 0 fully saturated rings. The van der Waals surface area contributed by atoms with E-state index in [1.807, 2.05) is 0 Å². The van der Waals surface area contributed by atoms with Crippen LogP contribution in [0.25, 0.3) is 0 Å². The highest BCUT2D eigenvalue weighted by Gasteiger charge is 2.14. The Hall–Kier alpha value is -0.0700. The molecule has 0 aliphatic heterocycles. The van der Waals surface area contributed by atoms with Gasteiger partial charge in [-0.05, 0) is 50.3 Å². The van der Waals surface area contributed by atoms with Crippen LogP contribution in [0.5, 0.6) is 0 Å². The van der Waals surface area contributed by atoms with Gasteiger partial charge in [0.1, 0.15) is 6.10 Å². The largest absolute Gasteiger partial charge is 0.379 e. The van der Waals surface area contributed by atoms with Crippen LogP contribution in [0, 0.1) is 0 Å². The molecule has 0 aromatic carbocycles. The van der Waals surface area contributed by atoms with Crippen LogP contribution in [0.2, 0.25) is 0 Å². The minimum Gasteiger partial charge on any atom is -0.379 e.